The van der Waals surface area contributed by atoms with Crippen molar-refractivity contribution in [2.45, 2.75) is 12.2 Å². The molecule has 0 saturated heterocycles. The molecule has 0 aromatic heterocycles. The zero-order valence-electron chi connectivity index (χ0n) is 10.6. The molecule has 2 bridgehead atoms. The van der Waals surface area contributed by atoms with Gasteiger partial charge in [-0.05, 0) is 18.3 Å². The van der Waals surface area contributed by atoms with Gasteiger partial charge >= 0.3 is 0 Å². The maximum absolute atomic E-state index is 11.3. The summed E-state index contributed by atoms with van der Waals surface area (Å²) in [6.07, 6.45) is 6.89. The van der Waals surface area contributed by atoms with Gasteiger partial charge in [0.15, 0.2) is 5.79 Å². The lowest BCUT2D eigenvalue weighted by Gasteiger charge is -2.34. The summed E-state index contributed by atoms with van der Waals surface area (Å²) in [6.45, 7) is 0. The SMILES string of the molecule is COC1(OC)[C@@H]2C=C[C@H]1[C@@H]1[C@H]2[C@@H](C=O)C[C@H]1C=O. The van der Waals surface area contributed by atoms with E-state index in [1.807, 2.05) is 0 Å². The van der Waals surface area contributed by atoms with Crippen LogP contribution in [0.2, 0.25) is 0 Å². The van der Waals surface area contributed by atoms with Crippen LogP contribution in [0.1, 0.15) is 6.42 Å². The summed E-state index contributed by atoms with van der Waals surface area (Å²) >= 11 is 0. The van der Waals surface area contributed by atoms with Crippen molar-refractivity contribution in [2.24, 2.45) is 35.5 Å². The summed E-state index contributed by atoms with van der Waals surface area (Å²) < 4.78 is 11.3. The molecule has 0 spiro atoms. The molecule has 6 atom stereocenters. The smallest absolute Gasteiger partial charge is 0.180 e. The Balaban J connectivity index is 2.03. The largest absolute Gasteiger partial charge is 0.352 e. The Morgan fingerprint density at radius 1 is 1.00 bits per heavy atom. The second-order valence-corrected chi connectivity index (χ2v) is 5.56. The summed E-state index contributed by atoms with van der Waals surface area (Å²) in [7, 11) is 3.28. The molecular formula is C14H18O4. The highest BCUT2D eigenvalue weighted by Crippen LogP contribution is 2.64. The molecule has 0 unspecified atom stereocenters. The predicted octanol–water partition coefficient (Wildman–Crippen LogP) is 1.06. The van der Waals surface area contributed by atoms with Crippen molar-refractivity contribution in [1.29, 1.82) is 0 Å². The molecule has 0 aromatic carbocycles. The molecule has 0 aliphatic heterocycles. The summed E-state index contributed by atoms with van der Waals surface area (Å²) in [4.78, 5) is 22.5. The molecular weight excluding hydrogens is 232 g/mol. The second kappa shape index (κ2) is 4.00. The zero-order valence-corrected chi connectivity index (χ0v) is 10.6. The minimum Gasteiger partial charge on any atom is -0.352 e. The van der Waals surface area contributed by atoms with E-state index in [4.69, 9.17) is 9.47 Å². The predicted molar refractivity (Wildman–Crippen MR) is 63.6 cm³/mol. The Labute approximate surface area is 106 Å². The fourth-order valence-corrected chi connectivity index (χ4v) is 4.65. The topological polar surface area (TPSA) is 52.6 Å². The highest BCUT2D eigenvalue weighted by molar-refractivity contribution is 5.63. The van der Waals surface area contributed by atoms with Gasteiger partial charge in [0.05, 0.1) is 0 Å². The van der Waals surface area contributed by atoms with E-state index in [2.05, 4.69) is 12.2 Å². The number of carbonyl (C=O) groups excluding carboxylic acids is 2. The van der Waals surface area contributed by atoms with Crippen LogP contribution in [0, 0.1) is 35.5 Å². The average Bonchev–Trinajstić information content (AvgIpc) is 3.04. The first-order valence-corrected chi connectivity index (χ1v) is 6.42. The second-order valence-electron chi connectivity index (χ2n) is 5.56. The number of hydrogen-bond acceptors (Lipinski definition) is 4. The summed E-state index contributed by atoms with van der Waals surface area (Å²) in [5.74, 6) is -0.215. The summed E-state index contributed by atoms with van der Waals surface area (Å²) in [6, 6.07) is 0. The molecule has 4 nitrogen and oxygen atoms in total. The molecule has 0 amide bonds. The van der Waals surface area contributed by atoms with E-state index >= 15 is 0 Å². The molecule has 3 aliphatic rings. The van der Waals surface area contributed by atoms with Gasteiger partial charge < -0.3 is 19.1 Å². The van der Waals surface area contributed by atoms with Gasteiger partial charge in [0.1, 0.15) is 12.6 Å². The summed E-state index contributed by atoms with van der Waals surface area (Å²) in [5.41, 5.74) is 0. The first-order chi connectivity index (χ1) is 8.73. The van der Waals surface area contributed by atoms with Crippen LogP contribution in [0.15, 0.2) is 12.2 Å². The normalized spacial score (nSPS) is 47.2. The number of aldehydes is 2. The molecule has 98 valence electrons. The minimum atomic E-state index is -0.668. The number of hydrogen-bond donors (Lipinski definition) is 0. The maximum Gasteiger partial charge on any atom is 0.180 e. The highest BCUT2D eigenvalue weighted by atomic mass is 16.7. The van der Waals surface area contributed by atoms with Crippen molar-refractivity contribution in [3.05, 3.63) is 12.2 Å². The highest BCUT2D eigenvalue weighted by Gasteiger charge is 2.68. The van der Waals surface area contributed by atoms with Crippen molar-refractivity contribution in [3.8, 4) is 0 Å². The minimum absolute atomic E-state index is 0.0465. The number of ether oxygens (including phenoxy) is 2. The van der Waals surface area contributed by atoms with E-state index in [0.29, 0.717) is 6.42 Å². The molecule has 3 aliphatic carbocycles. The molecule has 4 heteroatoms. The van der Waals surface area contributed by atoms with Crippen molar-refractivity contribution in [2.75, 3.05) is 14.2 Å². The van der Waals surface area contributed by atoms with Crippen LogP contribution >= 0.6 is 0 Å². The van der Waals surface area contributed by atoms with E-state index in [-0.39, 0.29) is 35.5 Å². The third kappa shape index (κ3) is 1.18. The van der Waals surface area contributed by atoms with E-state index in [1.165, 1.54) is 0 Å². The van der Waals surface area contributed by atoms with Gasteiger partial charge in [-0.3, -0.25) is 0 Å². The monoisotopic (exact) mass is 250 g/mol. The number of fused-ring (bicyclic) bond motifs is 5. The average molecular weight is 250 g/mol. The fraction of sp³-hybridized carbons (Fsp3) is 0.714. The zero-order chi connectivity index (χ0) is 12.9. The van der Waals surface area contributed by atoms with Crippen LogP contribution in [0.25, 0.3) is 0 Å². The van der Waals surface area contributed by atoms with Crippen molar-refractivity contribution >= 4 is 12.6 Å². The van der Waals surface area contributed by atoms with Crippen LogP contribution in [0.3, 0.4) is 0 Å². The van der Waals surface area contributed by atoms with Crippen LogP contribution in [0.5, 0.6) is 0 Å². The lowest BCUT2D eigenvalue weighted by Crippen LogP contribution is -2.42. The Bertz CT molecular complexity index is 367. The molecule has 0 aromatic rings. The Morgan fingerprint density at radius 2 is 1.44 bits per heavy atom. The maximum atomic E-state index is 11.3. The van der Waals surface area contributed by atoms with E-state index in [1.54, 1.807) is 14.2 Å². The van der Waals surface area contributed by atoms with Gasteiger partial charge in [-0.25, -0.2) is 0 Å². The third-order valence-electron chi connectivity index (χ3n) is 5.25. The fourth-order valence-electron chi connectivity index (χ4n) is 4.65. The first kappa shape index (κ1) is 12.1. The van der Waals surface area contributed by atoms with Crippen LogP contribution in [-0.4, -0.2) is 32.6 Å². The molecule has 3 rings (SSSR count). The lowest BCUT2D eigenvalue weighted by molar-refractivity contribution is -0.236. The Morgan fingerprint density at radius 3 is 1.78 bits per heavy atom. The van der Waals surface area contributed by atoms with Crippen LogP contribution < -0.4 is 0 Å². The van der Waals surface area contributed by atoms with Gasteiger partial charge in [0.2, 0.25) is 0 Å². The molecule has 2 saturated carbocycles. The Hall–Kier alpha value is -1.00. The van der Waals surface area contributed by atoms with E-state index in [9.17, 15) is 9.59 Å². The van der Waals surface area contributed by atoms with Gasteiger partial charge in [-0.2, -0.15) is 0 Å². The van der Waals surface area contributed by atoms with Gasteiger partial charge in [-0.1, -0.05) is 12.2 Å². The van der Waals surface area contributed by atoms with Gasteiger partial charge in [-0.15, -0.1) is 0 Å². The Kier molecular flexibility index (Phi) is 2.68. The molecule has 0 N–H and O–H groups in total. The third-order valence-corrected chi connectivity index (χ3v) is 5.25. The number of carbonyl (C=O) groups is 2. The van der Waals surface area contributed by atoms with Crippen molar-refractivity contribution in [3.63, 3.8) is 0 Å². The van der Waals surface area contributed by atoms with Crippen LogP contribution in [0.4, 0.5) is 0 Å². The number of rotatable bonds is 4. The number of methoxy groups -OCH3 is 2. The quantitative estimate of drug-likeness (QED) is 0.425. The molecule has 0 radical (unpaired) electrons. The van der Waals surface area contributed by atoms with E-state index < -0.39 is 5.79 Å². The van der Waals surface area contributed by atoms with Crippen molar-refractivity contribution < 1.29 is 19.1 Å². The lowest BCUT2D eigenvalue weighted by atomic mass is 9.80. The summed E-state index contributed by atoms with van der Waals surface area (Å²) in [5, 5.41) is 0. The molecule has 2 fully saturated rings. The van der Waals surface area contributed by atoms with E-state index in [0.717, 1.165) is 12.6 Å². The van der Waals surface area contributed by atoms with Crippen molar-refractivity contribution in [1.82, 2.24) is 0 Å². The molecule has 18 heavy (non-hydrogen) atoms. The van der Waals surface area contributed by atoms with Gasteiger partial charge in [0.25, 0.3) is 0 Å². The first-order valence-electron chi connectivity index (χ1n) is 6.42. The molecule has 0 heterocycles. The standard InChI is InChI=1S/C14H18O4/c1-17-14(18-2)10-3-4-11(14)13-9(7-16)5-8(6-15)12(10)13/h3-4,6-13H,5H2,1-2H3/t8-,9+,10-,11+,12+,13-. The van der Waals surface area contributed by atoms with Crippen LogP contribution in [-0.2, 0) is 19.1 Å². The van der Waals surface area contributed by atoms with Gasteiger partial charge in [0, 0.05) is 37.9 Å².